The van der Waals surface area contributed by atoms with Crippen LogP contribution in [-0.2, 0) is 0 Å². The minimum absolute atomic E-state index is 0.700. The van der Waals surface area contributed by atoms with Crippen LogP contribution in [0.15, 0.2) is 164 Å². The molecule has 2 aromatic heterocycles. The summed E-state index contributed by atoms with van der Waals surface area (Å²) in [4.78, 5) is 14.6. The van der Waals surface area contributed by atoms with Crippen LogP contribution in [0.4, 0.5) is 0 Å². The molecule has 0 saturated heterocycles. The van der Waals surface area contributed by atoms with E-state index in [0.29, 0.717) is 5.82 Å². The molecule has 3 nitrogen and oxygen atoms in total. The average Bonchev–Trinajstić information content (AvgIpc) is 3.11. The zero-order valence-corrected chi connectivity index (χ0v) is 23.9. The Labute approximate surface area is 256 Å². The summed E-state index contributed by atoms with van der Waals surface area (Å²) in [5, 5.41) is 4.82. The van der Waals surface area contributed by atoms with Crippen molar-refractivity contribution >= 4 is 21.5 Å². The van der Waals surface area contributed by atoms with E-state index in [1.807, 2.05) is 12.3 Å². The summed E-state index contributed by atoms with van der Waals surface area (Å²) in [6, 6.07) is 53.1. The van der Waals surface area contributed by atoms with Gasteiger partial charge in [-0.2, -0.15) is 0 Å². The molecular weight excluding hydrogens is 534 g/mol. The first-order valence-corrected chi connectivity index (χ1v) is 14.8. The topological polar surface area (TPSA) is 38.7 Å². The molecule has 0 amide bonds. The van der Waals surface area contributed by atoms with Crippen molar-refractivity contribution < 1.29 is 0 Å². The second-order valence-electron chi connectivity index (χ2n) is 11.0. The fraction of sp³-hybridized carbons (Fsp3) is 0. The first-order chi connectivity index (χ1) is 21.8. The van der Waals surface area contributed by atoms with Gasteiger partial charge in [0.2, 0.25) is 0 Å². The summed E-state index contributed by atoms with van der Waals surface area (Å²) in [6.07, 6.45) is 3.69. The lowest BCUT2D eigenvalue weighted by Crippen LogP contribution is -1.96. The molecule has 8 aromatic rings. The van der Waals surface area contributed by atoms with Crippen molar-refractivity contribution in [2.24, 2.45) is 0 Å². The van der Waals surface area contributed by atoms with Crippen LogP contribution in [0.3, 0.4) is 0 Å². The summed E-state index contributed by atoms with van der Waals surface area (Å²) in [7, 11) is 0. The van der Waals surface area contributed by atoms with Crippen molar-refractivity contribution in [2.75, 3.05) is 0 Å². The molecule has 0 bridgehead atoms. The van der Waals surface area contributed by atoms with E-state index in [9.17, 15) is 0 Å². The Balaban J connectivity index is 1.30. The van der Waals surface area contributed by atoms with E-state index in [0.717, 1.165) is 50.2 Å². The fourth-order valence-electron chi connectivity index (χ4n) is 5.92. The second-order valence-corrected chi connectivity index (χ2v) is 11.0. The van der Waals surface area contributed by atoms with Gasteiger partial charge in [-0.15, -0.1) is 0 Å². The monoisotopic (exact) mass is 561 g/mol. The molecule has 0 aliphatic carbocycles. The Morgan fingerprint density at radius 3 is 1.80 bits per heavy atom. The minimum atomic E-state index is 0.700. The number of benzene rings is 6. The predicted octanol–water partition coefficient (Wildman–Crippen LogP) is 10.5. The third-order valence-electron chi connectivity index (χ3n) is 8.15. The molecule has 0 atom stereocenters. The van der Waals surface area contributed by atoms with E-state index >= 15 is 0 Å². The molecule has 0 saturated carbocycles. The molecule has 0 fully saturated rings. The normalized spacial score (nSPS) is 11.2. The van der Waals surface area contributed by atoms with E-state index < -0.39 is 0 Å². The SMILES string of the molecule is c1cncc(-c2cccc(-c3cc(-c4cccc(-c5cccc6ccccc56)c4)nc(-c4ccc5ccccc5c4)n3)c2)c1. The van der Waals surface area contributed by atoms with Gasteiger partial charge in [0.05, 0.1) is 11.4 Å². The van der Waals surface area contributed by atoms with E-state index in [2.05, 4.69) is 151 Å². The quantitative estimate of drug-likeness (QED) is 0.210. The van der Waals surface area contributed by atoms with Crippen LogP contribution in [0, 0.1) is 0 Å². The van der Waals surface area contributed by atoms with Crippen molar-refractivity contribution in [2.45, 2.75) is 0 Å². The zero-order valence-electron chi connectivity index (χ0n) is 23.9. The predicted molar refractivity (Wildman–Crippen MR) is 182 cm³/mol. The van der Waals surface area contributed by atoms with Gasteiger partial charge >= 0.3 is 0 Å². The summed E-state index contributed by atoms with van der Waals surface area (Å²) >= 11 is 0. The van der Waals surface area contributed by atoms with Gasteiger partial charge in [0.15, 0.2) is 5.82 Å². The Bertz CT molecular complexity index is 2280. The molecular formula is C41H27N3. The maximum absolute atomic E-state index is 5.16. The van der Waals surface area contributed by atoms with Crippen molar-refractivity contribution in [3.05, 3.63) is 164 Å². The molecule has 8 rings (SSSR count). The van der Waals surface area contributed by atoms with Crippen LogP contribution in [0.1, 0.15) is 0 Å². The van der Waals surface area contributed by atoms with E-state index in [-0.39, 0.29) is 0 Å². The molecule has 3 heteroatoms. The maximum atomic E-state index is 5.16. The standard InChI is InChI=1S/C41H27N3/c1-2-11-30-24-35(21-20-28(30)9-1)41-43-39(33-15-5-13-31(23-33)36-17-8-22-42-27-36)26-40(44-41)34-16-6-14-32(25-34)38-19-7-12-29-10-3-4-18-37(29)38/h1-27H. The Morgan fingerprint density at radius 1 is 0.364 bits per heavy atom. The maximum Gasteiger partial charge on any atom is 0.160 e. The molecule has 0 aliphatic rings. The highest BCUT2D eigenvalue weighted by molar-refractivity contribution is 5.97. The average molecular weight is 562 g/mol. The lowest BCUT2D eigenvalue weighted by Gasteiger charge is -2.12. The number of hydrogen-bond donors (Lipinski definition) is 0. The van der Waals surface area contributed by atoms with Crippen LogP contribution in [0.25, 0.3) is 77.7 Å². The van der Waals surface area contributed by atoms with Crippen LogP contribution in [-0.4, -0.2) is 15.0 Å². The molecule has 0 radical (unpaired) electrons. The van der Waals surface area contributed by atoms with E-state index in [1.54, 1.807) is 6.20 Å². The van der Waals surface area contributed by atoms with Crippen molar-refractivity contribution in [1.82, 2.24) is 15.0 Å². The van der Waals surface area contributed by atoms with Gasteiger partial charge in [0.25, 0.3) is 0 Å². The van der Waals surface area contributed by atoms with Crippen LogP contribution in [0.5, 0.6) is 0 Å². The van der Waals surface area contributed by atoms with Crippen LogP contribution >= 0.6 is 0 Å². The number of hydrogen-bond acceptors (Lipinski definition) is 3. The molecule has 44 heavy (non-hydrogen) atoms. The highest BCUT2D eigenvalue weighted by Crippen LogP contribution is 2.34. The van der Waals surface area contributed by atoms with Crippen LogP contribution in [0.2, 0.25) is 0 Å². The Hall–Kier alpha value is -5.93. The number of fused-ring (bicyclic) bond motifs is 2. The molecule has 0 aliphatic heterocycles. The molecule has 6 aromatic carbocycles. The lowest BCUT2D eigenvalue weighted by atomic mass is 9.96. The van der Waals surface area contributed by atoms with E-state index in [1.165, 1.54) is 21.7 Å². The highest BCUT2D eigenvalue weighted by Gasteiger charge is 2.13. The fourth-order valence-corrected chi connectivity index (χ4v) is 5.92. The van der Waals surface area contributed by atoms with Gasteiger partial charge in [0.1, 0.15) is 0 Å². The van der Waals surface area contributed by atoms with Crippen LogP contribution < -0.4 is 0 Å². The third-order valence-corrected chi connectivity index (χ3v) is 8.15. The molecule has 2 heterocycles. The number of aromatic nitrogens is 3. The summed E-state index contributed by atoms with van der Waals surface area (Å²) in [5.74, 6) is 0.700. The van der Waals surface area contributed by atoms with Crippen molar-refractivity contribution in [1.29, 1.82) is 0 Å². The number of rotatable bonds is 5. The molecule has 0 spiro atoms. The number of pyridine rings is 1. The van der Waals surface area contributed by atoms with E-state index in [4.69, 9.17) is 9.97 Å². The largest absolute Gasteiger partial charge is 0.264 e. The Kier molecular flexibility index (Phi) is 6.47. The molecule has 0 N–H and O–H groups in total. The zero-order chi connectivity index (χ0) is 29.3. The molecule has 0 unspecified atom stereocenters. The Morgan fingerprint density at radius 2 is 1.00 bits per heavy atom. The first-order valence-electron chi connectivity index (χ1n) is 14.8. The summed E-state index contributed by atoms with van der Waals surface area (Å²) in [5.41, 5.74) is 9.35. The van der Waals surface area contributed by atoms with Gasteiger partial charge in [-0.05, 0) is 68.6 Å². The molecule has 206 valence electrons. The lowest BCUT2D eigenvalue weighted by molar-refractivity contribution is 1.18. The second kappa shape index (κ2) is 11.0. The minimum Gasteiger partial charge on any atom is -0.264 e. The first kappa shape index (κ1) is 25.8. The number of nitrogens with zero attached hydrogens (tertiary/aromatic N) is 3. The van der Waals surface area contributed by atoms with Gasteiger partial charge in [-0.3, -0.25) is 4.98 Å². The highest BCUT2D eigenvalue weighted by atomic mass is 14.9. The smallest absolute Gasteiger partial charge is 0.160 e. The van der Waals surface area contributed by atoms with Gasteiger partial charge in [-0.1, -0.05) is 121 Å². The van der Waals surface area contributed by atoms with Gasteiger partial charge < -0.3 is 0 Å². The van der Waals surface area contributed by atoms with Crippen molar-refractivity contribution in [3.63, 3.8) is 0 Å². The van der Waals surface area contributed by atoms with Crippen molar-refractivity contribution in [3.8, 4) is 56.2 Å². The van der Waals surface area contributed by atoms with Gasteiger partial charge in [-0.25, -0.2) is 9.97 Å². The summed E-state index contributed by atoms with van der Waals surface area (Å²) < 4.78 is 0. The van der Waals surface area contributed by atoms with Gasteiger partial charge in [0, 0.05) is 34.6 Å². The third kappa shape index (κ3) is 4.91. The summed E-state index contributed by atoms with van der Waals surface area (Å²) in [6.45, 7) is 0.